The standard InChI is InChI=1S/C16H17N5O/c22-16(20-9-12-5-1-2-6-13(12)10-20)14-7-3-4-8-15(14)21-11-17-18-19-21/h1-4,7-8,11-13H,5-6,9-10H2/t12-,13-/m0/s1. The molecule has 1 aliphatic heterocycles. The third-order valence-corrected chi connectivity index (χ3v) is 4.64. The molecule has 0 unspecified atom stereocenters. The molecule has 2 aromatic rings. The summed E-state index contributed by atoms with van der Waals surface area (Å²) in [6, 6.07) is 7.49. The molecule has 1 amide bonds. The molecule has 1 aromatic heterocycles. The van der Waals surface area contributed by atoms with E-state index >= 15 is 0 Å². The topological polar surface area (TPSA) is 63.9 Å². The minimum Gasteiger partial charge on any atom is -0.338 e. The molecule has 2 heterocycles. The van der Waals surface area contributed by atoms with Gasteiger partial charge in [-0.25, -0.2) is 0 Å². The second-order valence-electron chi connectivity index (χ2n) is 5.94. The van der Waals surface area contributed by atoms with Crippen molar-refractivity contribution in [3.63, 3.8) is 0 Å². The molecule has 112 valence electrons. The van der Waals surface area contributed by atoms with Crippen LogP contribution in [0.2, 0.25) is 0 Å². The summed E-state index contributed by atoms with van der Waals surface area (Å²) in [7, 11) is 0. The van der Waals surface area contributed by atoms with Crippen molar-refractivity contribution in [3.05, 3.63) is 48.3 Å². The highest BCUT2D eigenvalue weighted by atomic mass is 16.2. The number of hydrogen-bond donors (Lipinski definition) is 0. The van der Waals surface area contributed by atoms with Gasteiger partial charge in [-0.05, 0) is 47.2 Å². The molecule has 4 rings (SSSR count). The van der Waals surface area contributed by atoms with Gasteiger partial charge in [-0.3, -0.25) is 4.79 Å². The highest BCUT2D eigenvalue weighted by Gasteiger charge is 2.35. The number of amides is 1. The summed E-state index contributed by atoms with van der Waals surface area (Å²) in [6.07, 6.45) is 8.17. The van der Waals surface area contributed by atoms with Crippen LogP contribution in [0.5, 0.6) is 0 Å². The normalized spacial score (nSPS) is 23.5. The number of carbonyl (C=O) groups is 1. The molecular formula is C16H17N5O. The number of likely N-dealkylation sites (tertiary alicyclic amines) is 1. The van der Waals surface area contributed by atoms with Crippen molar-refractivity contribution < 1.29 is 4.79 Å². The summed E-state index contributed by atoms with van der Waals surface area (Å²) >= 11 is 0. The van der Waals surface area contributed by atoms with Gasteiger partial charge in [0.1, 0.15) is 6.33 Å². The number of allylic oxidation sites excluding steroid dienone is 2. The van der Waals surface area contributed by atoms with Gasteiger partial charge in [0.2, 0.25) is 0 Å². The lowest BCUT2D eigenvalue weighted by atomic mass is 9.86. The predicted molar refractivity (Wildman–Crippen MR) is 80.4 cm³/mol. The van der Waals surface area contributed by atoms with Crippen LogP contribution in [0.25, 0.3) is 5.69 Å². The Morgan fingerprint density at radius 1 is 1.09 bits per heavy atom. The molecule has 22 heavy (non-hydrogen) atoms. The van der Waals surface area contributed by atoms with Crippen LogP contribution < -0.4 is 0 Å². The van der Waals surface area contributed by atoms with Crippen LogP contribution in [0.3, 0.4) is 0 Å². The number of carbonyl (C=O) groups excluding carboxylic acids is 1. The van der Waals surface area contributed by atoms with Crippen LogP contribution in [0.1, 0.15) is 23.2 Å². The molecule has 1 aromatic carbocycles. The monoisotopic (exact) mass is 295 g/mol. The van der Waals surface area contributed by atoms with Crippen LogP contribution in [-0.2, 0) is 0 Å². The Bertz CT molecular complexity index is 693. The first-order chi connectivity index (χ1) is 10.8. The van der Waals surface area contributed by atoms with E-state index in [0.717, 1.165) is 31.6 Å². The van der Waals surface area contributed by atoms with Crippen molar-refractivity contribution in [3.8, 4) is 5.69 Å². The van der Waals surface area contributed by atoms with Gasteiger partial charge in [-0.15, -0.1) is 5.10 Å². The van der Waals surface area contributed by atoms with E-state index < -0.39 is 0 Å². The second kappa shape index (κ2) is 5.36. The summed E-state index contributed by atoms with van der Waals surface area (Å²) in [5, 5.41) is 11.2. The van der Waals surface area contributed by atoms with Crippen molar-refractivity contribution in [1.82, 2.24) is 25.1 Å². The summed E-state index contributed by atoms with van der Waals surface area (Å²) in [4.78, 5) is 14.9. The lowest BCUT2D eigenvalue weighted by Gasteiger charge is -2.18. The highest BCUT2D eigenvalue weighted by molar-refractivity contribution is 5.97. The smallest absolute Gasteiger partial charge is 0.256 e. The first kappa shape index (κ1) is 13.2. The Labute approximate surface area is 128 Å². The molecule has 2 aliphatic rings. The van der Waals surface area contributed by atoms with Crippen molar-refractivity contribution in [2.24, 2.45) is 11.8 Å². The lowest BCUT2D eigenvalue weighted by molar-refractivity contribution is 0.0784. The summed E-state index contributed by atoms with van der Waals surface area (Å²) < 4.78 is 1.54. The molecule has 6 nitrogen and oxygen atoms in total. The van der Waals surface area contributed by atoms with E-state index in [1.807, 2.05) is 29.2 Å². The van der Waals surface area contributed by atoms with Crippen LogP contribution >= 0.6 is 0 Å². The molecule has 1 aliphatic carbocycles. The molecule has 0 N–H and O–H groups in total. The largest absolute Gasteiger partial charge is 0.338 e. The highest BCUT2D eigenvalue weighted by Crippen LogP contribution is 2.33. The zero-order valence-electron chi connectivity index (χ0n) is 12.2. The average molecular weight is 295 g/mol. The minimum atomic E-state index is 0.0699. The first-order valence-corrected chi connectivity index (χ1v) is 7.59. The number of nitrogens with zero attached hydrogens (tertiary/aromatic N) is 5. The molecular weight excluding hydrogens is 278 g/mol. The third kappa shape index (κ3) is 2.20. The van der Waals surface area contributed by atoms with E-state index in [9.17, 15) is 4.79 Å². The Morgan fingerprint density at radius 3 is 2.50 bits per heavy atom. The zero-order valence-corrected chi connectivity index (χ0v) is 12.2. The quantitative estimate of drug-likeness (QED) is 0.791. The molecule has 0 radical (unpaired) electrons. The van der Waals surface area contributed by atoms with Gasteiger partial charge < -0.3 is 4.90 Å². The maximum atomic E-state index is 12.9. The van der Waals surface area contributed by atoms with Crippen molar-refractivity contribution in [2.75, 3.05) is 13.1 Å². The van der Waals surface area contributed by atoms with Gasteiger partial charge in [0.05, 0.1) is 11.3 Å². The maximum absolute atomic E-state index is 12.9. The molecule has 2 atom stereocenters. The predicted octanol–water partition coefficient (Wildman–Crippen LogP) is 1.70. The van der Waals surface area contributed by atoms with Gasteiger partial charge >= 0.3 is 0 Å². The number of rotatable bonds is 2. The molecule has 0 spiro atoms. The number of fused-ring (bicyclic) bond motifs is 1. The average Bonchev–Trinajstić information content (AvgIpc) is 3.23. The molecule has 0 saturated carbocycles. The Morgan fingerprint density at radius 2 is 1.82 bits per heavy atom. The minimum absolute atomic E-state index is 0.0699. The van der Waals surface area contributed by atoms with Crippen LogP contribution in [0, 0.1) is 11.8 Å². The second-order valence-corrected chi connectivity index (χ2v) is 5.94. The first-order valence-electron chi connectivity index (χ1n) is 7.59. The molecule has 1 saturated heterocycles. The number of para-hydroxylation sites is 1. The van der Waals surface area contributed by atoms with E-state index in [1.165, 1.54) is 11.0 Å². The molecule has 6 heteroatoms. The summed E-state index contributed by atoms with van der Waals surface area (Å²) in [6.45, 7) is 1.69. The fourth-order valence-corrected chi connectivity index (χ4v) is 3.48. The van der Waals surface area contributed by atoms with Crippen molar-refractivity contribution >= 4 is 5.91 Å². The Kier molecular flexibility index (Phi) is 3.21. The van der Waals surface area contributed by atoms with Gasteiger partial charge in [0, 0.05) is 13.1 Å². The van der Waals surface area contributed by atoms with Crippen molar-refractivity contribution in [2.45, 2.75) is 12.8 Å². The van der Waals surface area contributed by atoms with E-state index in [2.05, 4.69) is 27.7 Å². The Balaban J connectivity index is 1.62. The fraction of sp³-hybridized carbons (Fsp3) is 0.375. The number of benzene rings is 1. The number of tetrazole rings is 1. The van der Waals surface area contributed by atoms with Crippen molar-refractivity contribution in [1.29, 1.82) is 0 Å². The molecule has 0 bridgehead atoms. The Hall–Kier alpha value is -2.50. The van der Waals surface area contributed by atoms with Gasteiger partial charge in [0.25, 0.3) is 5.91 Å². The molecule has 1 fully saturated rings. The van der Waals surface area contributed by atoms with E-state index in [4.69, 9.17) is 0 Å². The van der Waals surface area contributed by atoms with E-state index in [0.29, 0.717) is 17.4 Å². The van der Waals surface area contributed by atoms with Gasteiger partial charge in [-0.2, -0.15) is 4.68 Å². The number of aromatic nitrogens is 4. The van der Waals surface area contributed by atoms with Crippen LogP contribution in [-0.4, -0.2) is 44.1 Å². The summed E-state index contributed by atoms with van der Waals surface area (Å²) in [5.74, 6) is 1.28. The fourth-order valence-electron chi connectivity index (χ4n) is 3.48. The number of hydrogen-bond acceptors (Lipinski definition) is 4. The van der Waals surface area contributed by atoms with Crippen LogP contribution in [0.15, 0.2) is 42.7 Å². The van der Waals surface area contributed by atoms with Gasteiger partial charge in [-0.1, -0.05) is 24.3 Å². The third-order valence-electron chi connectivity index (χ3n) is 4.64. The van der Waals surface area contributed by atoms with Gasteiger partial charge in [0.15, 0.2) is 0 Å². The van der Waals surface area contributed by atoms with E-state index in [-0.39, 0.29) is 5.91 Å². The van der Waals surface area contributed by atoms with Crippen LogP contribution in [0.4, 0.5) is 0 Å². The zero-order chi connectivity index (χ0) is 14.9. The van der Waals surface area contributed by atoms with E-state index in [1.54, 1.807) is 0 Å². The maximum Gasteiger partial charge on any atom is 0.256 e. The lowest BCUT2D eigenvalue weighted by Crippen LogP contribution is -2.30. The SMILES string of the molecule is O=C(c1ccccc1-n1cnnn1)N1C[C@@H]2CC=CC[C@H]2C1. The summed E-state index contributed by atoms with van der Waals surface area (Å²) in [5.41, 5.74) is 1.38.